The number of hydrogen-bond donors (Lipinski definition) is 1. The van der Waals surface area contributed by atoms with Gasteiger partial charge in [-0.1, -0.05) is 77.2 Å². The standard InChI is InChI=1S/C20H34O2/c1-16-6-8-18(9-7-16)14-15-19-12-10-17(11-13-19)4-2-3-5-20(21)22/h3,5,16-19H,2,4,6-15H2,1H3,(H,21,22)/b5-3+/t16-,17-,18-,19-. The lowest BCUT2D eigenvalue weighted by Gasteiger charge is -2.31. The third kappa shape index (κ3) is 6.54. The Morgan fingerprint density at radius 1 is 0.864 bits per heavy atom. The highest BCUT2D eigenvalue weighted by atomic mass is 16.4. The molecule has 0 aliphatic heterocycles. The van der Waals surface area contributed by atoms with E-state index in [0.29, 0.717) is 0 Å². The first-order valence-electron chi connectivity index (χ1n) is 9.53. The Kier molecular flexibility index (Phi) is 7.48. The van der Waals surface area contributed by atoms with Crippen LogP contribution in [0, 0.1) is 23.7 Å². The quantitative estimate of drug-likeness (QED) is 0.602. The van der Waals surface area contributed by atoms with E-state index >= 15 is 0 Å². The second-order valence-corrected chi connectivity index (χ2v) is 7.91. The van der Waals surface area contributed by atoms with Crippen molar-refractivity contribution in [3.05, 3.63) is 12.2 Å². The second kappa shape index (κ2) is 9.37. The summed E-state index contributed by atoms with van der Waals surface area (Å²) in [6, 6.07) is 0. The molecule has 0 amide bonds. The first-order chi connectivity index (χ1) is 10.6. The van der Waals surface area contributed by atoms with E-state index in [2.05, 4.69) is 6.92 Å². The lowest BCUT2D eigenvalue weighted by atomic mass is 9.75. The van der Waals surface area contributed by atoms with E-state index in [4.69, 9.17) is 5.11 Å². The second-order valence-electron chi connectivity index (χ2n) is 7.91. The molecule has 0 spiro atoms. The molecule has 0 bridgehead atoms. The van der Waals surface area contributed by atoms with Gasteiger partial charge in [-0.3, -0.25) is 0 Å². The third-order valence-electron chi connectivity index (χ3n) is 6.09. The number of carboxylic acid groups (broad SMARTS) is 1. The molecule has 0 aromatic rings. The lowest BCUT2D eigenvalue weighted by Crippen LogP contribution is -2.17. The molecule has 1 N–H and O–H groups in total. The molecule has 0 aromatic heterocycles. The van der Waals surface area contributed by atoms with Crippen LogP contribution in [0.5, 0.6) is 0 Å². The molecule has 2 heteroatoms. The van der Waals surface area contributed by atoms with E-state index in [1.54, 1.807) is 0 Å². The molecule has 2 nitrogen and oxygen atoms in total. The number of carboxylic acids is 1. The van der Waals surface area contributed by atoms with Gasteiger partial charge in [-0.25, -0.2) is 4.79 Å². The van der Waals surface area contributed by atoms with Crippen molar-refractivity contribution in [3.8, 4) is 0 Å². The molecule has 22 heavy (non-hydrogen) atoms. The van der Waals surface area contributed by atoms with Crippen LogP contribution in [0.4, 0.5) is 0 Å². The number of hydrogen-bond acceptors (Lipinski definition) is 1. The fourth-order valence-electron chi connectivity index (χ4n) is 4.41. The average Bonchev–Trinajstić information content (AvgIpc) is 2.52. The van der Waals surface area contributed by atoms with Gasteiger partial charge < -0.3 is 5.11 Å². The van der Waals surface area contributed by atoms with Crippen LogP contribution in [0.25, 0.3) is 0 Å². The molecule has 2 aliphatic rings. The Labute approximate surface area is 136 Å². The molecule has 0 atom stereocenters. The normalized spacial score (nSPS) is 33.1. The third-order valence-corrected chi connectivity index (χ3v) is 6.09. The molecule has 126 valence electrons. The minimum atomic E-state index is -0.819. The Bertz CT molecular complexity index is 345. The van der Waals surface area contributed by atoms with Gasteiger partial charge in [0.25, 0.3) is 0 Å². The van der Waals surface area contributed by atoms with Gasteiger partial charge in [0.2, 0.25) is 0 Å². The number of allylic oxidation sites excluding steroid dienone is 1. The molecule has 0 radical (unpaired) electrons. The number of rotatable bonds is 7. The Balaban J connectivity index is 1.54. The smallest absolute Gasteiger partial charge is 0.327 e. The molecular formula is C20H34O2. The van der Waals surface area contributed by atoms with Crippen molar-refractivity contribution in [2.75, 3.05) is 0 Å². The molecule has 2 saturated carbocycles. The Morgan fingerprint density at radius 2 is 1.32 bits per heavy atom. The summed E-state index contributed by atoms with van der Waals surface area (Å²) in [7, 11) is 0. The van der Waals surface area contributed by atoms with Crippen molar-refractivity contribution < 1.29 is 9.90 Å². The summed E-state index contributed by atoms with van der Waals surface area (Å²) >= 11 is 0. The summed E-state index contributed by atoms with van der Waals surface area (Å²) < 4.78 is 0. The van der Waals surface area contributed by atoms with E-state index in [1.165, 1.54) is 76.7 Å². The van der Waals surface area contributed by atoms with Crippen LogP contribution >= 0.6 is 0 Å². The summed E-state index contributed by atoms with van der Waals surface area (Å²) in [5.74, 6) is 2.99. The van der Waals surface area contributed by atoms with Gasteiger partial charge in [-0.15, -0.1) is 0 Å². The molecule has 0 unspecified atom stereocenters. The molecule has 2 fully saturated rings. The molecule has 0 heterocycles. The highest BCUT2D eigenvalue weighted by molar-refractivity contribution is 5.79. The predicted molar refractivity (Wildman–Crippen MR) is 91.8 cm³/mol. The van der Waals surface area contributed by atoms with Crippen LogP contribution in [0.3, 0.4) is 0 Å². The van der Waals surface area contributed by atoms with Crippen molar-refractivity contribution in [2.45, 2.75) is 84.0 Å². The topological polar surface area (TPSA) is 37.3 Å². The lowest BCUT2D eigenvalue weighted by molar-refractivity contribution is -0.131. The molecule has 2 aliphatic carbocycles. The fourth-order valence-corrected chi connectivity index (χ4v) is 4.41. The average molecular weight is 306 g/mol. The van der Waals surface area contributed by atoms with Gasteiger partial charge in [0.05, 0.1) is 0 Å². The van der Waals surface area contributed by atoms with E-state index < -0.39 is 5.97 Å². The minimum absolute atomic E-state index is 0.819. The van der Waals surface area contributed by atoms with Crippen LogP contribution in [-0.2, 0) is 4.79 Å². The molecule has 2 rings (SSSR count). The fraction of sp³-hybridized carbons (Fsp3) is 0.850. The Morgan fingerprint density at radius 3 is 1.82 bits per heavy atom. The van der Waals surface area contributed by atoms with Crippen molar-refractivity contribution in [1.82, 2.24) is 0 Å². The summed E-state index contributed by atoms with van der Waals surface area (Å²) in [6.07, 6.45) is 19.6. The van der Waals surface area contributed by atoms with Crippen molar-refractivity contribution in [2.24, 2.45) is 23.7 Å². The largest absolute Gasteiger partial charge is 0.478 e. The predicted octanol–water partition coefficient (Wildman–Crippen LogP) is 5.82. The molecule has 0 aromatic carbocycles. The van der Waals surface area contributed by atoms with Crippen molar-refractivity contribution >= 4 is 5.97 Å². The van der Waals surface area contributed by atoms with E-state index in [1.807, 2.05) is 6.08 Å². The van der Waals surface area contributed by atoms with Crippen LogP contribution in [0.15, 0.2) is 12.2 Å². The van der Waals surface area contributed by atoms with Crippen LogP contribution in [0.2, 0.25) is 0 Å². The van der Waals surface area contributed by atoms with Crippen molar-refractivity contribution in [3.63, 3.8) is 0 Å². The summed E-state index contributed by atoms with van der Waals surface area (Å²) in [6.45, 7) is 2.41. The zero-order valence-electron chi connectivity index (χ0n) is 14.3. The zero-order chi connectivity index (χ0) is 15.8. The van der Waals surface area contributed by atoms with Crippen LogP contribution < -0.4 is 0 Å². The van der Waals surface area contributed by atoms with Gasteiger partial charge in [0, 0.05) is 6.08 Å². The number of aliphatic carboxylic acids is 1. The first kappa shape index (κ1) is 17.6. The summed E-state index contributed by atoms with van der Waals surface area (Å²) in [4.78, 5) is 10.4. The minimum Gasteiger partial charge on any atom is -0.478 e. The molecule has 0 saturated heterocycles. The maximum absolute atomic E-state index is 10.4. The highest BCUT2D eigenvalue weighted by Gasteiger charge is 2.23. The van der Waals surface area contributed by atoms with E-state index in [9.17, 15) is 4.79 Å². The van der Waals surface area contributed by atoms with Crippen LogP contribution in [0.1, 0.15) is 84.0 Å². The van der Waals surface area contributed by atoms with Gasteiger partial charge >= 0.3 is 5.97 Å². The highest BCUT2D eigenvalue weighted by Crippen LogP contribution is 2.37. The zero-order valence-corrected chi connectivity index (χ0v) is 14.3. The van der Waals surface area contributed by atoms with Gasteiger partial charge in [0.1, 0.15) is 0 Å². The SMILES string of the molecule is C[C@H]1CC[C@H](CC[C@H]2CC[C@H](CC/C=C/C(=O)O)CC2)CC1. The summed E-state index contributed by atoms with van der Waals surface area (Å²) in [5.41, 5.74) is 0. The van der Waals surface area contributed by atoms with Crippen LogP contribution in [-0.4, -0.2) is 11.1 Å². The van der Waals surface area contributed by atoms with Gasteiger partial charge in [0.15, 0.2) is 0 Å². The van der Waals surface area contributed by atoms with Gasteiger partial charge in [-0.05, 0) is 36.5 Å². The maximum Gasteiger partial charge on any atom is 0.327 e. The first-order valence-corrected chi connectivity index (χ1v) is 9.53. The maximum atomic E-state index is 10.4. The van der Waals surface area contributed by atoms with E-state index in [0.717, 1.165) is 30.1 Å². The molecular weight excluding hydrogens is 272 g/mol. The van der Waals surface area contributed by atoms with Gasteiger partial charge in [-0.2, -0.15) is 0 Å². The van der Waals surface area contributed by atoms with Crippen molar-refractivity contribution in [1.29, 1.82) is 0 Å². The number of carbonyl (C=O) groups is 1. The monoisotopic (exact) mass is 306 g/mol. The summed E-state index contributed by atoms with van der Waals surface area (Å²) in [5, 5.41) is 8.58. The Hall–Kier alpha value is -0.790. The van der Waals surface area contributed by atoms with E-state index in [-0.39, 0.29) is 0 Å².